The summed E-state index contributed by atoms with van der Waals surface area (Å²) in [6, 6.07) is 5.71. The van der Waals surface area contributed by atoms with Crippen molar-refractivity contribution in [2.75, 3.05) is 0 Å². The number of nitro benzene ring substituents is 1. The van der Waals surface area contributed by atoms with Crippen LogP contribution in [0.15, 0.2) is 34.9 Å². The minimum absolute atomic E-state index is 0.00463. The predicted octanol–water partition coefficient (Wildman–Crippen LogP) is 1.34. The lowest BCUT2D eigenvalue weighted by molar-refractivity contribution is -0.384. The Bertz CT molecular complexity index is 824. The first kappa shape index (κ1) is 18.3. The molecule has 0 saturated carbocycles. The molecule has 0 radical (unpaired) electrons. The summed E-state index contributed by atoms with van der Waals surface area (Å²) in [6.07, 6.45) is 0.631. The van der Waals surface area contributed by atoms with Gasteiger partial charge in [-0.05, 0) is 17.7 Å². The topological polar surface area (TPSA) is 128 Å². The maximum Gasteiger partial charge on any atom is 0.356 e. The number of amides is 1. The molecule has 3 N–H and O–H groups in total. The van der Waals surface area contributed by atoms with Crippen LogP contribution in [0.4, 0.5) is 5.69 Å². The Morgan fingerprint density at radius 3 is 2.69 bits per heavy atom. The Hall–Kier alpha value is -2.50. The molecule has 1 aromatic carbocycles. The van der Waals surface area contributed by atoms with Gasteiger partial charge in [-0.1, -0.05) is 12.2 Å². The fourth-order valence-electron chi connectivity index (χ4n) is 2.57. The fourth-order valence-corrected chi connectivity index (χ4v) is 4.53. The highest BCUT2D eigenvalue weighted by Gasteiger charge is 2.46. The summed E-state index contributed by atoms with van der Waals surface area (Å²) in [5, 5.41) is 10.7. The zero-order valence-corrected chi connectivity index (χ0v) is 15.0. The number of fused-ring (bicyclic) bond motifs is 1. The second-order valence-electron chi connectivity index (χ2n) is 5.56. The van der Waals surface area contributed by atoms with Crippen molar-refractivity contribution in [2.24, 2.45) is 5.84 Å². The highest BCUT2D eigenvalue weighted by atomic mass is 32.2. The van der Waals surface area contributed by atoms with E-state index < -0.39 is 16.8 Å². The number of nitrogens with zero attached hydrogens (tertiary/aromatic N) is 2. The number of hydrogen-bond donors (Lipinski definition) is 2. The van der Waals surface area contributed by atoms with Crippen molar-refractivity contribution in [3.05, 3.63) is 50.5 Å². The van der Waals surface area contributed by atoms with Crippen LogP contribution in [0.2, 0.25) is 0 Å². The van der Waals surface area contributed by atoms with E-state index in [0.717, 1.165) is 0 Å². The number of non-ortho nitro benzene ring substituents is 1. The van der Waals surface area contributed by atoms with Gasteiger partial charge in [0.25, 0.3) is 5.69 Å². The highest BCUT2D eigenvalue weighted by Crippen LogP contribution is 2.48. The van der Waals surface area contributed by atoms with Crippen molar-refractivity contribution in [1.82, 2.24) is 10.3 Å². The first-order valence-electron chi connectivity index (χ1n) is 7.52. The van der Waals surface area contributed by atoms with Crippen molar-refractivity contribution in [2.45, 2.75) is 24.8 Å². The Morgan fingerprint density at radius 1 is 1.42 bits per heavy atom. The number of esters is 1. The van der Waals surface area contributed by atoms with Gasteiger partial charge in [0.2, 0.25) is 5.91 Å². The Kier molecular flexibility index (Phi) is 5.20. The lowest BCUT2D eigenvalue weighted by Gasteiger charge is -2.37. The number of nitrogens with two attached hydrogens (primary N) is 1. The third-order valence-corrected chi connectivity index (χ3v) is 5.52. The van der Waals surface area contributed by atoms with Crippen molar-refractivity contribution >= 4 is 46.5 Å². The van der Waals surface area contributed by atoms with Crippen LogP contribution in [0.3, 0.4) is 0 Å². The molecule has 0 unspecified atom stereocenters. The van der Waals surface area contributed by atoms with Gasteiger partial charge in [-0.25, -0.2) is 10.6 Å². The molecule has 136 valence electrons. The molecule has 3 rings (SSSR count). The van der Waals surface area contributed by atoms with Gasteiger partial charge in [0, 0.05) is 23.5 Å². The number of benzene rings is 1. The van der Waals surface area contributed by atoms with Crippen LogP contribution in [0.5, 0.6) is 0 Å². The maximum absolute atomic E-state index is 12.5. The van der Waals surface area contributed by atoms with Crippen LogP contribution in [0, 0.1) is 10.1 Å². The standard InChI is InChI=1S/C15H14N4O5S2/c16-17-11(20)5-10-14(18-12(25)6-13(18)26-10)15(21)24-7-8-1-3-9(4-2-8)19(22)23/h1-4,13H,5-7,16H2,(H,17,20)/t13-/m0/s1. The fraction of sp³-hybridized carbons (Fsp3) is 0.267. The van der Waals surface area contributed by atoms with Crippen LogP contribution in [0.1, 0.15) is 18.4 Å². The number of hydrazine groups is 1. The molecule has 1 saturated heterocycles. The van der Waals surface area contributed by atoms with Gasteiger partial charge in [-0.3, -0.25) is 20.3 Å². The minimum atomic E-state index is -0.597. The number of rotatable bonds is 6. The van der Waals surface area contributed by atoms with Crippen LogP contribution >= 0.6 is 24.0 Å². The molecule has 1 amide bonds. The zero-order chi connectivity index (χ0) is 18.8. The summed E-state index contributed by atoms with van der Waals surface area (Å²) in [7, 11) is 0. The number of thioether (sulfide) groups is 1. The molecule has 2 heterocycles. The molecule has 1 atom stereocenters. The number of carbonyl (C=O) groups excluding carboxylic acids is 2. The third kappa shape index (κ3) is 3.54. The number of ether oxygens (including phenoxy) is 1. The molecule has 11 heteroatoms. The molecule has 0 bridgehead atoms. The van der Waals surface area contributed by atoms with Gasteiger partial charge in [0.15, 0.2) is 0 Å². The van der Waals surface area contributed by atoms with E-state index in [0.29, 0.717) is 21.9 Å². The highest BCUT2D eigenvalue weighted by molar-refractivity contribution is 8.04. The van der Waals surface area contributed by atoms with Crippen LogP contribution in [0.25, 0.3) is 0 Å². The van der Waals surface area contributed by atoms with Crippen LogP contribution in [-0.2, 0) is 20.9 Å². The van der Waals surface area contributed by atoms with E-state index in [4.69, 9.17) is 22.8 Å². The number of nitrogens with one attached hydrogen (secondary N) is 1. The first-order chi connectivity index (χ1) is 12.4. The second-order valence-corrected chi connectivity index (χ2v) is 7.30. The number of carbonyl (C=O) groups is 2. The molecule has 9 nitrogen and oxygen atoms in total. The summed E-state index contributed by atoms with van der Waals surface area (Å²) in [5.74, 6) is 4.10. The monoisotopic (exact) mass is 394 g/mol. The lowest BCUT2D eigenvalue weighted by Crippen LogP contribution is -2.47. The van der Waals surface area contributed by atoms with Crippen molar-refractivity contribution < 1.29 is 19.2 Å². The summed E-state index contributed by atoms with van der Waals surface area (Å²) in [6.45, 7) is -0.0490. The van der Waals surface area contributed by atoms with Gasteiger partial charge in [0.1, 0.15) is 12.3 Å². The average molecular weight is 394 g/mol. The SMILES string of the molecule is NNC(=O)CC1=C(C(=O)OCc2ccc([N+](=O)[O-])cc2)N2C(=S)C[C@@H]2S1. The van der Waals surface area contributed by atoms with Gasteiger partial charge in [0.05, 0.1) is 21.7 Å². The molecular weight excluding hydrogens is 380 g/mol. The molecule has 1 fully saturated rings. The van der Waals surface area contributed by atoms with E-state index >= 15 is 0 Å². The number of hydrogen-bond acceptors (Lipinski definition) is 8. The average Bonchev–Trinajstić information content (AvgIpc) is 2.91. The summed E-state index contributed by atoms with van der Waals surface area (Å²) in [5.41, 5.74) is 2.87. The van der Waals surface area contributed by atoms with E-state index in [9.17, 15) is 19.7 Å². The molecular formula is C15H14N4O5S2. The van der Waals surface area contributed by atoms with Gasteiger partial charge in [-0.2, -0.15) is 0 Å². The molecule has 0 spiro atoms. The third-order valence-electron chi connectivity index (χ3n) is 3.88. The number of thiocarbonyl (C=S) groups is 1. The lowest BCUT2D eigenvalue weighted by atomic mass is 10.1. The van der Waals surface area contributed by atoms with Crippen molar-refractivity contribution in [3.63, 3.8) is 0 Å². The predicted molar refractivity (Wildman–Crippen MR) is 97.3 cm³/mol. The van der Waals surface area contributed by atoms with E-state index in [1.807, 2.05) is 5.43 Å². The van der Waals surface area contributed by atoms with Crippen LogP contribution < -0.4 is 11.3 Å². The summed E-state index contributed by atoms with van der Waals surface area (Å²) in [4.78, 5) is 37.1. The summed E-state index contributed by atoms with van der Waals surface area (Å²) >= 11 is 6.61. The molecule has 2 aliphatic heterocycles. The zero-order valence-electron chi connectivity index (χ0n) is 13.3. The minimum Gasteiger partial charge on any atom is -0.456 e. The molecule has 2 aliphatic rings. The van der Waals surface area contributed by atoms with E-state index in [2.05, 4.69) is 0 Å². The summed E-state index contributed by atoms with van der Waals surface area (Å²) < 4.78 is 5.31. The largest absolute Gasteiger partial charge is 0.456 e. The van der Waals surface area contributed by atoms with Gasteiger partial charge < -0.3 is 9.64 Å². The second kappa shape index (κ2) is 7.40. The first-order valence-corrected chi connectivity index (χ1v) is 8.81. The molecule has 0 aliphatic carbocycles. The smallest absolute Gasteiger partial charge is 0.356 e. The Balaban J connectivity index is 1.71. The Morgan fingerprint density at radius 2 is 2.12 bits per heavy atom. The van der Waals surface area contributed by atoms with Gasteiger partial charge in [-0.15, -0.1) is 11.8 Å². The van der Waals surface area contributed by atoms with Crippen molar-refractivity contribution in [1.29, 1.82) is 0 Å². The molecule has 1 aromatic rings. The quantitative estimate of drug-likeness (QED) is 0.183. The van der Waals surface area contributed by atoms with Crippen LogP contribution in [-0.4, -0.2) is 32.1 Å². The van der Waals surface area contributed by atoms with Gasteiger partial charge >= 0.3 is 5.97 Å². The maximum atomic E-state index is 12.5. The normalized spacial score (nSPS) is 18.3. The van der Waals surface area contributed by atoms with Crippen molar-refractivity contribution in [3.8, 4) is 0 Å². The molecule has 26 heavy (non-hydrogen) atoms. The Labute approximate surface area is 157 Å². The molecule has 0 aromatic heterocycles. The van der Waals surface area contributed by atoms with E-state index in [1.165, 1.54) is 36.0 Å². The van der Waals surface area contributed by atoms with E-state index in [-0.39, 0.29) is 29.8 Å². The number of nitro groups is 1. The van der Waals surface area contributed by atoms with E-state index in [1.54, 1.807) is 4.90 Å².